The average Bonchev–Trinajstić information content (AvgIpc) is 3.30. The lowest BCUT2D eigenvalue weighted by Gasteiger charge is -2.18. The second-order valence-electron chi connectivity index (χ2n) is 8.12. The van der Waals surface area contributed by atoms with Crippen molar-refractivity contribution >= 4 is 56.7 Å². The van der Waals surface area contributed by atoms with Crippen LogP contribution >= 0.6 is 23.1 Å². The van der Waals surface area contributed by atoms with Gasteiger partial charge in [0, 0.05) is 11.3 Å². The molecule has 1 aliphatic carbocycles. The second-order valence-corrected chi connectivity index (χ2v) is 10.4. The van der Waals surface area contributed by atoms with Crippen LogP contribution in [-0.4, -0.2) is 34.8 Å². The molecule has 2 aliphatic rings. The van der Waals surface area contributed by atoms with Crippen molar-refractivity contribution in [3.8, 4) is 6.19 Å². The quantitative estimate of drug-likeness (QED) is 0.165. The number of thiophene rings is 1. The number of ether oxygens (including phenoxy) is 1. The Kier molecular flexibility index (Phi) is 7.34. The number of aliphatic imine (C=N–C) groups is 1. The Balaban J connectivity index is 1.65. The maximum Gasteiger partial charge on any atom is 0.341 e. The highest BCUT2D eigenvalue weighted by Gasteiger charge is 2.44. The zero-order valence-corrected chi connectivity index (χ0v) is 20.5. The molecule has 8 nitrogen and oxygen atoms in total. The minimum atomic E-state index is -0.760. The van der Waals surface area contributed by atoms with Crippen molar-refractivity contribution in [2.24, 2.45) is 10.9 Å². The number of anilines is 1. The Morgan fingerprint density at radius 3 is 2.79 bits per heavy atom. The minimum absolute atomic E-state index is 0.0499. The lowest BCUT2D eigenvalue weighted by molar-refractivity contribution is -0.121. The van der Waals surface area contributed by atoms with Gasteiger partial charge < -0.3 is 4.74 Å². The number of nitrogens with zero attached hydrogens (tertiary/aromatic N) is 3. The molecule has 4 rings (SSSR count). The van der Waals surface area contributed by atoms with E-state index in [0.29, 0.717) is 22.2 Å². The van der Waals surface area contributed by atoms with E-state index in [1.165, 1.54) is 11.3 Å². The molecule has 10 heteroatoms. The Hall–Kier alpha value is -3.16. The topological polar surface area (TPSA) is 112 Å². The fourth-order valence-electron chi connectivity index (χ4n) is 4.10. The number of imide groups is 1. The third kappa shape index (κ3) is 4.86. The van der Waals surface area contributed by atoms with E-state index in [9.17, 15) is 14.4 Å². The van der Waals surface area contributed by atoms with Crippen molar-refractivity contribution in [1.29, 1.82) is 5.26 Å². The molecule has 2 heterocycles. The molecule has 2 amide bonds. The number of amidine groups is 1. The normalized spacial score (nSPS) is 20.1. The number of nitriles is 1. The molecule has 1 aromatic carbocycles. The summed E-state index contributed by atoms with van der Waals surface area (Å²) >= 11 is 2.37. The summed E-state index contributed by atoms with van der Waals surface area (Å²) in [4.78, 5) is 45.8. The van der Waals surface area contributed by atoms with Crippen LogP contribution in [0.5, 0.6) is 0 Å². The van der Waals surface area contributed by atoms with E-state index in [4.69, 9.17) is 10.00 Å². The van der Waals surface area contributed by atoms with Crippen LogP contribution in [0.2, 0.25) is 0 Å². The fraction of sp³-hybridized carbons (Fsp3) is 0.375. The van der Waals surface area contributed by atoms with Gasteiger partial charge in [-0.25, -0.2) is 14.7 Å². The summed E-state index contributed by atoms with van der Waals surface area (Å²) in [6, 6.07) is 9.03. The number of amides is 2. The van der Waals surface area contributed by atoms with Gasteiger partial charge in [0.05, 0.1) is 17.9 Å². The van der Waals surface area contributed by atoms with E-state index < -0.39 is 17.1 Å². The van der Waals surface area contributed by atoms with Gasteiger partial charge in [-0.3, -0.25) is 14.9 Å². The van der Waals surface area contributed by atoms with E-state index in [0.717, 1.165) is 46.4 Å². The van der Waals surface area contributed by atoms with Crippen LogP contribution < -0.4 is 10.2 Å². The third-order valence-electron chi connectivity index (χ3n) is 5.68. The monoisotopic (exact) mass is 496 g/mol. The SMILES string of the molecule is CCOC(=O)c1c(N2C(=O)CC(SC(=Nc3ccccc3)NC#N)C2=O)sc2c1CCC(C)C2. The van der Waals surface area contributed by atoms with Gasteiger partial charge in [0.2, 0.25) is 11.8 Å². The van der Waals surface area contributed by atoms with Crippen molar-refractivity contribution < 1.29 is 19.1 Å². The Bertz CT molecular complexity index is 1190. The molecule has 0 saturated carbocycles. The molecule has 0 bridgehead atoms. The van der Waals surface area contributed by atoms with Gasteiger partial charge >= 0.3 is 5.97 Å². The summed E-state index contributed by atoms with van der Waals surface area (Å²) in [5, 5.41) is 11.5. The molecule has 0 radical (unpaired) electrons. The molecular formula is C24H24N4O4S2. The van der Waals surface area contributed by atoms with Gasteiger partial charge in [0.15, 0.2) is 11.4 Å². The number of benzene rings is 1. The number of esters is 1. The zero-order valence-electron chi connectivity index (χ0n) is 18.9. The van der Waals surface area contributed by atoms with Gasteiger partial charge in [0.25, 0.3) is 0 Å². The molecule has 34 heavy (non-hydrogen) atoms. The largest absolute Gasteiger partial charge is 0.462 e. The summed E-state index contributed by atoms with van der Waals surface area (Å²) in [5.74, 6) is -0.835. The van der Waals surface area contributed by atoms with Crippen LogP contribution in [0, 0.1) is 17.4 Å². The molecule has 176 valence electrons. The van der Waals surface area contributed by atoms with Gasteiger partial charge in [-0.15, -0.1) is 11.3 Å². The van der Waals surface area contributed by atoms with E-state index >= 15 is 0 Å². The first-order valence-electron chi connectivity index (χ1n) is 11.1. The number of rotatable bonds is 5. The highest BCUT2D eigenvalue weighted by atomic mass is 32.2. The molecule has 0 spiro atoms. The number of hydrogen-bond donors (Lipinski definition) is 1. The van der Waals surface area contributed by atoms with Crippen molar-refractivity contribution in [2.75, 3.05) is 11.5 Å². The number of carbonyl (C=O) groups excluding carboxylic acids is 3. The van der Waals surface area contributed by atoms with Gasteiger partial charge in [-0.05, 0) is 49.8 Å². The summed E-state index contributed by atoms with van der Waals surface area (Å²) in [6.07, 6.45) is 4.25. The molecule has 1 aromatic heterocycles. The van der Waals surface area contributed by atoms with Crippen LogP contribution in [0.4, 0.5) is 10.7 Å². The fourth-order valence-corrected chi connectivity index (χ4v) is 6.59. The summed E-state index contributed by atoms with van der Waals surface area (Å²) in [7, 11) is 0. The maximum absolute atomic E-state index is 13.4. The summed E-state index contributed by atoms with van der Waals surface area (Å²) < 4.78 is 5.29. The lowest BCUT2D eigenvalue weighted by Crippen LogP contribution is -2.32. The van der Waals surface area contributed by atoms with E-state index in [1.54, 1.807) is 19.1 Å². The highest BCUT2D eigenvalue weighted by Crippen LogP contribution is 2.44. The summed E-state index contributed by atoms with van der Waals surface area (Å²) in [6.45, 7) is 4.09. The van der Waals surface area contributed by atoms with E-state index in [1.807, 2.05) is 24.4 Å². The predicted octanol–water partition coefficient (Wildman–Crippen LogP) is 4.17. The van der Waals surface area contributed by atoms with Crippen molar-refractivity contribution in [3.63, 3.8) is 0 Å². The average molecular weight is 497 g/mol. The number of carbonyl (C=O) groups is 3. The molecule has 2 atom stereocenters. The standard InChI is InChI=1S/C24H24N4O4S2/c1-3-32-23(31)20-16-10-9-14(2)11-17(16)33-22(20)28-19(29)12-18(21(28)30)34-24(26-13-25)27-15-7-5-4-6-8-15/h4-8,14,18H,3,9-12H2,1-2H3,(H,26,27). The first-order chi connectivity index (χ1) is 16.4. The zero-order chi connectivity index (χ0) is 24.2. The smallest absolute Gasteiger partial charge is 0.341 e. The molecule has 1 aliphatic heterocycles. The molecule has 1 saturated heterocycles. The van der Waals surface area contributed by atoms with Gasteiger partial charge in [-0.1, -0.05) is 36.9 Å². The van der Waals surface area contributed by atoms with Crippen LogP contribution in [0.1, 0.15) is 47.5 Å². The van der Waals surface area contributed by atoms with Gasteiger partial charge in [-0.2, -0.15) is 5.26 Å². The highest BCUT2D eigenvalue weighted by molar-refractivity contribution is 8.15. The number of fused-ring (bicyclic) bond motifs is 1. The maximum atomic E-state index is 13.4. The second kappa shape index (κ2) is 10.4. The third-order valence-corrected chi connectivity index (χ3v) is 7.99. The molecule has 2 unspecified atom stereocenters. The number of thioether (sulfide) groups is 1. The summed E-state index contributed by atoms with van der Waals surface area (Å²) in [5.41, 5.74) is 1.85. The van der Waals surface area contributed by atoms with Crippen LogP contribution in [0.15, 0.2) is 35.3 Å². The number of para-hydroxylation sites is 1. The Morgan fingerprint density at radius 2 is 2.09 bits per heavy atom. The first-order valence-corrected chi connectivity index (χ1v) is 12.8. The van der Waals surface area contributed by atoms with Crippen LogP contribution in [0.3, 0.4) is 0 Å². The van der Waals surface area contributed by atoms with Crippen molar-refractivity contribution in [1.82, 2.24) is 5.32 Å². The Morgan fingerprint density at radius 1 is 1.32 bits per heavy atom. The van der Waals surface area contributed by atoms with E-state index in [-0.39, 0.29) is 24.1 Å². The van der Waals surface area contributed by atoms with Gasteiger partial charge in [0.1, 0.15) is 10.3 Å². The van der Waals surface area contributed by atoms with Crippen LogP contribution in [0.25, 0.3) is 0 Å². The van der Waals surface area contributed by atoms with Crippen molar-refractivity contribution in [2.45, 2.75) is 44.8 Å². The molecular weight excluding hydrogens is 472 g/mol. The van der Waals surface area contributed by atoms with Crippen LogP contribution in [-0.2, 0) is 27.2 Å². The molecule has 1 fully saturated rings. The minimum Gasteiger partial charge on any atom is -0.462 e. The first kappa shape index (κ1) is 24.0. The van der Waals surface area contributed by atoms with Crippen molar-refractivity contribution in [3.05, 3.63) is 46.3 Å². The molecule has 1 N–H and O–H groups in total. The molecule has 2 aromatic rings. The lowest BCUT2D eigenvalue weighted by atomic mass is 9.88. The number of nitrogens with one attached hydrogen (secondary N) is 1. The van der Waals surface area contributed by atoms with E-state index in [2.05, 4.69) is 17.2 Å². The predicted molar refractivity (Wildman–Crippen MR) is 132 cm³/mol. The number of hydrogen-bond acceptors (Lipinski definition) is 8. The Labute approximate surface area is 206 Å².